The van der Waals surface area contributed by atoms with Crippen LogP contribution in [0.3, 0.4) is 0 Å². The summed E-state index contributed by atoms with van der Waals surface area (Å²) in [6.07, 6.45) is 3.32. The van der Waals surface area contributed by atoms with Gasteiger partial charge in [0.05, 0.1) is 24.3 Å². The second-order valence-corrected chi connectivity index (χ2v) is 7.82. The van der Waals surface area contributed by atoms with Gasteiger partial charge in [-0.05, 0) is 60.3 Å². The van der Waals surface area contributed by atoms with Gasteiger partial charge in [0, 0.05) is 42.4 Å². The van der Waals surface area contributed by atoms with Gasteiger partial charge in [0.2, 0.25) is 0 Å². The summed E-state index contributed by atoms with van der Waals surface area (Å²) in [5, 5.41) is 4.66. The van der Waals surface area contributed by atoms with Crippen LogP contribution in [0.1, 0.15) is 5.56 Å². The monoisotopic (exact) mass is 428 g/mol. The third-order valence-corrected chi connectivity index (χ3v) is 5.65. The average Bonchev–Trinajstić information content (AvgIpc) is 2.80. The van der Waals surface area contributed by atoms with Gasteiger partial charge < -0.3 is 25.7 Å². The molecule has 0 unspecified atom stereocenters. The molecule has 1 aliphatic rings. The number of pyridine rings is 3. The van der Waals surface area contributed by atoms with E-state index in [1.807, 2.05) is 24.3 Å². The Morgan fingerprint density at radius 3 is 2.72 bits per heavy atom. The molecule has 0 aliphatic carbocycles. The maximum absolute atomic E-state index is 12.6. The Bertz CT molecular complexity index is 1330. The van der Waals surface area contributed by atoms with E-state index in [0.29, 0.717) is 22.7 Å². The Labute approximate surface area is 185 Å². The molecule has 1 fully saturated rings. The van der Waals surface area contributed by atoms with Crippen LogP contribution < -0.4 is 21.5 Å². The number of aromatic nitrogens is 3. The van der Waals surface area contributed by atoms with Gasteiger partial charge in [-0.3, -0.25) is 4.79 Å². The van der Waals surface area contributed by atoms with Crippen LogP contribution in [0.15, 0.2) is 59.7 Å². The van der Waals surface area contributed by atoms with Crippen LogP contribution in [-0.2, 0) is 4.74 Å². The largest absolute Gasteiger partial charge is 0.384 e. The molecule has 0 atom stereocenters. The van der Waals surface area contributed by atoms with Crippen LogP contribution in [0, 0.1) is 6.92 Å². The topological polar surface area (TPSA) is 109 Å². The highest BCUT2D eigenvalue weighted by atomic mass is 16.5. The molecule has 0 amide bonds. The summed E-state index contributed by atoms with van der Waals surface area (Å²) in [6.45, 7) is 5.33. The van der Waals surface area contributed by atoms with E-state index in [9.17, 15) is 4.79 Å². The minimum absolute atomic E-state index is 0.193. The first-order valence-corrected chi connectivity index (χ1v) is 10.5. The van der Waals surface area contributed by atoms with Crippen LogP contribution >= 0.6 is 0 Å². The number of rotatable bonds is 4. The fourth-order valence-corrected chi connectivity index (χ4v) is 4.04. The molecule has 8 nitrogen and oxygen atoms in total. The van der Waals surface area contributed by atoms with Crippen LogP contribution in [-0.4, -0.2) is 41.3 Å². The molecule has 0 spiro atoms. The first kappa shape index (κ1) is 20.0. The smallest absolute Gasteiger partial charge is 0.259 e. The van der Waals surface area contributed by atoms with Gasteiger partial charge in [-0.2, -0.15) is 0 Å². The lowest BCUT2D eigenvalue weighted by Gasteiger charge is -2.30. The number of nitrogens with zero attached hydrogens (tertiary/aromatic N) is 3. The molecule has 4 aromatic rings. The number of anilines is 4. The number of H-pyrrole nitrogens is 1. The first-order chi connectivity index (χ1) is 15.6. The normalized spacial score (nSPS) is 14.0. The summed E-state index contributed by atoms with van der Waals surface area (Å²) in [7, 11) is 0. The van der Waals surface area contributed by atoms with Gasteiger partial charge >= 0.3 is 0 Å². The predicted molar refractivity (Wildman–Crippen MR) is 128 cm³/mol. The van der Waals surface area contributed by atoms with Crippen molar-refractivity contribution >= 4 is 33.8 Å². The van der Waals surface area contributed by atoms with Crippen molar-refractivity contribution in [2.24, 2.45) is 0 Å². The molecule has 0 saturated carbocycles. The number of hydrogen-bond donors (Lipinski definition) is 3. The highest BCUT2D eigenvalue weighted by molar-refractivity contribution is 5.95. The zero-order valence-electron chi connectivity index (χ0n) is 17.8. The Hall–Kier alpha value is -3.91. The molecule has 4 heterocycles. The molecule has 5 rings (SSSR count). The Kier molecular flexibility index (Phi) is 5.20. The number of aromatic amines is 1. The molecular weight excluding hydrogens is 404 g/mol. The van der Waals surface area contributed by atoms with Gasteiger partial charge in [-0.1, -0.05) is 0 Å². The Morgan fingerprint density at radius 1 is 1.12 bits per heavy atom. The zero-order chi connectivity index (χ0) is 22.1. The number of aryl methyl sites for hydroxylation is 1. The van der Waals surface area contributed by atoms with Crippen LogP contribution in [0.25, 0.3) is 22.0 Å². The van der Waals surface area contributed by atoms with E-state index >= 15 is 0 Å². The number of ether oxygens (including phenoxy) is 1. The summed E-state index contributed by atoms with van der Waals surface area (Å²) < 4.78 is 5.46. The van der Waals surface area contributed by atoms with Crippen molar-refractivity contribution < 1.29 is 4.74 Å². The molecule has 1 aliphatic heterocycles. The molecule has 1 aromatic carbocycles. The molecule has 3 aromatic heterocycles. The number of nitrogens with two attached hydrogens (primary N) is 1. The summed E-state index contributed by atoms with van der Waals surface area (Å²) in [5.74, 6) is 0.940. The minimum atomic E-state index is -0.193. The van der Waals surface area contributed by atoms with Crippen LogP contribution in [0.2, 0.25) is 0 Å². The van der Waals surface area contributed by atoms with E-state index < -0.39 is 0 Å². The number of fused-ring (bicyclic) bond motifs is 1. The highest BCUT2D eigenvalue weighted by Gasteiger charge is 2.15. The van der Waals surface area contributed by atoms with Crippen molar-refractivity contribution in [3.8, 4) is 11.3 Å². The van der Waals surface area contributed by atoms with Crippen molar-refractivity contribution in [1.29, 1.82) is 0 Å². The molecule has 0 bridgehead atoms. The maximum atomic E-state index is 12.6. The van der Waals surface area contributed by atoms with Crippen molar-refractivity contribution in [3.05, 3.63) is 70.8 Å². The maximum Gasteiger partial charge on any atom is 0.259 e. The predicted octanol–water partition coefficient (Wildman–Crippen LogP) is 3.46. The Morgan fingerprint density at radius 2 is 1.97 bits per heavy atom. The molecule has 4 N–H and O–H groups in total. The molecule has 162 valence electrons. The lowest BCUT2D eigenvalue weighted by atomic mass is 10.1. The number of hydrogen-bond acceptors (Lipinski definition) is 7. The second kappa shape index (κ2) is 8.32. The van der Waals surface area contributed by atoms with E-state index in [4.69, 9.17) is 15.5 Å². The molecular formula is C24H24N6O2. The summed E-state index contributed by atoms with van der Waals surface area (Å²) in [5.41, 5.74) is 10.3. The standard InChI is InChI=1S/C24H24N6O2/c1-15-12-18(3-4-20(15)30-8-10-32-11-9-30)28-23-22-16(6-7-26-24(22)31)13-19(29-23)17-2-5-21(25)27-14-17/h2-7,12-14H,8-11H2,1H3,(H2,25,27)(H,26,31)(H,28,29). The average molecular weight is 428 g/mol. The summed E-state index contributed by atoms with van der Waals surface area (Å²) in [6, 6.07) is 13.5. The molecule has 32 heavy (non-hydrogen) atoms. The zero-order valence-corrected chi connectivity index (χ0v) is 17.8. The van der Waals surface area contributed by atoms with E-state index in [-0.39, 0.29) is 5.56 Å². The van der Waals surface area contributed by atoms with E-state index in [1.165, 1.54) is 5.69 Å². The highest BCUT2D eigenvalue weighted by Crippen LogP contribution is 2.30. The van der Waals surface area contributed by atoms with E-state index in [0.717, 1.165) is 48.5 Å². The molecule has 1 saturated heterocycles. The molecule has 0 radical (unpaired) electrons. The van der Waals surface area contributed by atoms with Crippen LogP contribution in [0.5, 0.6) is 0 Å². The lowest BCUT2D eigenvalue weighted by Crippen LogP contribution is -2.36. The van der Waals surface area contributed by atoms with Crippen LogP contribution in [0.4, 0.5) is 23.0 Å². The fraction of sp³-hybridized carbons (Fsp3) is 0.208. The third-order valence-electron chi connectivity index (χ3n) is 5.65. The van der Waals surface area contributed by atoms with Gasteiger partial charge in [0.1, 0.15) is 11.6 Å². The van der Waals surface area contributed by atoms with E-state index in [2.05, 4.69) is 39.2 Å². The Balaban J connectivity index is 1.55. The lowest BCUT2D eigenvalue weighted by molar-refractivity contribution is 0.122. The first-order valence-electron chi connectivity index (χ1n) is 10.5. The number of nitrogen functional groups attached to an aromatic ring is 1. The van der Waals surface area contributed by atoms with E-state index in [1.54, 1.807) is 18.5 Å². The van der Waals surface area contributed by atoms with Gasteiger partial charge in [-0.15, -0.1) is 0 Å². The quantitative estimate of drug-likeness (QED) is 0.457. The summed E-state index contributed by atoms with van der Waals surface area (Å²) >= 11 is 0. The fourth-order valence-electron chi connectivity index (χ4n) is 4.04. The SMILES string of the molecule is Cc1cc(Nc2nc(-c3ccc(N)nc3)cc3cc[nH]c(=O)c23)ccc1N1CCOCC1. The molecule has 8 heteroatoms. The minimum Gasteiger partial charge on any atom is -0.384 e. The van der Waals surface area contributed by atoms with Crippen molar-refractivity contribution in [3.63, 3.8) is 0 Å². The third kappa shape index (κ3) is 3.88. The second-order valence-electron chi connectivity index (χ2n) is 7.82. The van der Waals surface area contributed by atoms with Gasteiger partial charge in [0.25, 0.3) is 5.56 Å². The number of morpholine rings is 1. The van der Waals surface area contributed by atoms with Crippen molar-refractivity contribution in [1.82, 2.24) is 15.0 Å². The summed E-state index contributed by atoms with van der Waals surface area (Å²) in [4.78, 5) is 26.6. The van der Waals surface area contributed by atoms with Gasteiger partial charge in [-0.25, -0.2) is 9.97 Å². The van der Waals surface area contributed by atoms with Crippen molar-refractivity contribution in [2.75, 3.05) is 42.3 Å². The van der Waals surface area contributed by atoms with Gasteiger partial charge in [0.15, 0.2) is 0 Å². The number of benzene rings is 1. The number of nitrogens with one attached hydrogen (secondary N) is 2. The van der Waals surface area contributed by atoms with Crippen molar-refractivity contribution in [2.45, 2.75) is 6.92 Å².